The lowest BCUT2D eigenvalue weighted by atomic mass is 9.94. The number of hydrogen-bond donors (Lipinski definition) is 2. The minimum atomic E-state index is -0.253. The van der Waals surface area contributed by atoms with E-state index in [1.165, 1.54) is 11.3 Å². The van der Waals surface area contributed by atoms with Crippen LogP contribution in [0.3, 0.4) is 0 Å². The van der Waals surface area contributed by atoms with Crippen molar-refractivity contribution in [3.63, 3.8) is 0 Å². The Bertz CT molecular complexity index is 1030. The average Bonchev–Trinajstić information content (AvgIpc) is 3.45. The fourth-order valence-electron chi connectivity index (χ4n) is 3.51. The Kier molecular flexibility index (Phi) is 6.37. The van der Waals surface area contributed by atoms with E-state index in [0.29, 0.717) is 41.4 Å². The van der Waals surface area contributed by atoms with E-state index in [9.17, 15) is 4.79 Å². The lowest BCUT2D eigenvalue weighted by molar-refractivity contribution is 0.0944. The smallest absolute Gasteiger partial charge is 0.271 e. The molecule has 0 spiro atoms. The van der Waals surface area contributed by atoms with Gasteiger partial charge in [0.2, 0.25) is 0 Å². The first-order chi connectivity index (χ1) is 14.7. The number of carbonyl (C=O) groups excluding carboxylic acids is 1. The summed E-state index contributed by atoms with van der Waals surface area (Å²) in [6, 6.07) is 11.7. The molecule has 1 aliphatic heterocycles. The number of piperidine rings is 1. The number of nitrogens with zero attached hydrogens (tertiary/aromatic N) is 4. The third kappa shape index (κ3) is 5.03. The third-order valence-electron chi connectivity index (χ3n) is 4.96. The second-order valence-corrected chi connectivity index (χ2v) is 7.96. The van der Waals surface area contributed by atoms with Crippen LogP contribution in [0.1, 0.15) is 40.7 Å². The molecule has 3 aromatic heterocycles. The highest BCUT2D eigenvalue weighted by Gasteiger charge is 2.22. The van der Waals surface area contributed by atoms with Gasteiger partial charge in [0, 0.05) is 23.5 Å². The van der Waals surface area contributed by atoms with Gasteiger partial charge in [-0.3, -0.25) is 9.69 Å². The fourth-order valence-corrected chi connectivity index (χ4v) is 4.20. The van der Waals surface area contributed by atoms with Crippen molar-refractivity contribution in [2.45, 2.75) is 25.3 Å². The van der Waals surface area contributed by atoms with Gasteiger partial charge in [-0.25, -0.2) is 9.97 Å². The number of amides is 1. The fraction of sp³-hybridized carbons (Fsp3) is 0.333. The zero-order valence-electron chi connectivity index (χ0n) is 16.4. The van der Waals surface area contributed by atoms with Gasteiger partial charge < -0.3 is 15.1 Å². The van der Waals surface area contributed by atoms with E-state index in [0.717, 1.165) is 31.6 Å². The molecule has 0 saturated carbocycles. The molecule has 154 valence electrons. The molecule has 8 nitrogen and oxygen atoms in total. The highest BCUT2D eigenvalue weighted by molar-refractivity contribution is 7.14. The summed E-state index contributed by atoms with van der Waals surface area (Å²) in [7, 11) is 0. The maximum Gasteiger partial charge on any atom is 0.271 e. The summed E-state index contributed by atoms with van der Waals surface area (Å²) in [5.41, 5.74) is 1.36. The van der Waals surface area contributed by atoms with Crippen LogP contribution in [0.15, 0.2) is 46.4 Å². The first-order valence-corrected chi connectivity index (χ1v) is 10.7. The van der Waals surface area contributed by atoms with Crippen LogP contribution in [0, 0.1) is 11.3 Å². The van der Waals surface area contributed by atoms with E-state index < -0.39 is 0 Å². The lowest BCUT2D eigenvalue weighted by Crippen LogP contribution is -2.34. The van der Waals surface area contributed by atoms with Gasteiger partial charge in [-0.1, -0.05) is 6.07 Å². The van der Waals surface area contributed by atoms with Crippen molar-refractivity contribution in [3.8, 4) is 6.07 Å². The third-order valence-corrected chi connectivity index (χ3v) is 5.72. The first-order valence-electron chi connectivity index (χ1n) is 9.80. The molecule has 30 heavy (non-hydrogen) atoms. The molecule has 0 unspecified atom stereocenters. The number of anilines is 2. The van der Waals surface area contributed by atoms with Gasteiger partial charge in [-0.2, -0.15) is 5.26 Å². The van der Waals surface area contributed by atoms with Gasteiger partial charge in [0.15, 0.2) is 5.13 Å². The average molecular weight is 423 g/mol. The summed E-state index contributed by atoms with van der Waals surface area (Å²) in [5, 5.41) is 17.3. The first kappa shape index (κ1) is 20.1. The zero-order valence-corrected chi connectivity index (χ0v) is 17.2. The number of aromatic nitrogens is 2. The molecular weight excluding hydrogens is 400 g/mol. The van der Waals surface area contributed by atoms with Gasteiger partial charge in [0.05, 0.1) is 25.4 Å². The standard InChI is InChI=1S/C21H22N6O2S/c22-8-10-27-9-2-4-15(13-27)17-6-1-7-19(24-17)26-21-25-18(14-30-21)20(28)23-12-16-5-3-11-29-16/h1,3,5-7,11,14-15H,2,4,9-10,12-13H2,(H,23,28)(H,24,25,26)/t15-/m0/s1. The Labute approximate surface area is 178 Å². The van der Waals surface area contributed by atoms with Crippen molar-refractivity contribution in [3.05, 3.63) is 59.1 Å². The van der Waals surface area contributed by atoms with Gasteiger partial charge >= 0.3 is 0 Å². The Morgan fingerprint density at radius 2 is 2.27 bits per heavy atom. The predicted octanol–water partition coefficient (Wildman–Crippen LogP) is 3.51. The summed E-state index contributed by atoms with van der Waals surface area (Å²) in [6.07, 6.45) is 3.70. The molecule has 1 saturated heterocycles. The Hall–Kier alpha value is -3.22. The van der Waals surface area contributed by atoms with Crippen molar-refractivity contribution in [2.24, 2.45) is 0 Å². The monoisotopic (exact) mass is 422 g/mol. The highest BCUT2D eigenvalue weighted by atomic mass is 32.1. The SMILES string of the molecule is N#CCN1CCC[C@H](c2cccc(Nc3nc(C(=O)NCc4ccco4)cs3)n2)C1. The van der Waals surface area contributed by atoms with Crippen molar-refractivity contribution in [1.82, 2.24) is 20.2 Å². The lowest BCUT2D eigenvalue weighted by Gasteiger charge is -2.30. The number of pyridine rings is 1. The minimum absolute atomic E-state index is 0.253. The Morgan fingerprint density at radius 1 is 1.33 bits per heavy atom. The van der Waals surface area contributed by atoms with E-state index in [1.54, 1.807) is 23.8 Å². The molecule has 1 amide bonds. The molecule has 4 rings (SSSR count). The molecule has 0 aliphatic carbocycles. The van der Waals surface area contributed by atoms with Crippen LogP contribution in [0.25, 0.3) is 0 Å². The summed E-state index contributed by atoms with van der Waals surface area (Å²) in [6.45, 7) is 2.59. The van der Waals surface area contributed by atoms with E-state index in [-0.39, 0.29) is 5.91 Å². The van der Waals surface area contributed by atoms with Crippen LogP contribution < -0.4 is 10.6 Å². The molecule has 9 heteroatoms. The largest absolute Gasteiger partial charge is 0.467 e. The molecule has 3 aromatic rings. The quantitative estimate of drug-likeness (QED) is 0.561. The summed E-state index contributed by atoms with van der Waals surface area (Å²) < 4.78 is 5.21. The van der Waals surface area contributed by atoms with E-state index in [2.05, 4.69) is 26.6 Å². The maximum absolute atomic E-state index is 12.3. The predicted molar refractivity (Wildman–Crippen MR) is 114 cm³/mol. The maximum atomic E-state index is 12.3. The minimum Gasteiger partial charge on any atom is -0.467 e. The van der Waals surface area contributed by atoms with E-state index in [1.807, 2.05) is 18.2 Å². The summed E-state index contributed by atoms with van der Waals surface area (Å²) in [4.78, 5) is 23.5. The van der Waals surface area contributed by atoms with Gasteiger partial charge in [-0.05, 0) is 43.7 Å². The van der Waals surface area contributed by atoms with Crippen molar-refractivity contribution in [1.29, 1.82) is 5.26 Å². The highest BCUT2D eigenvalue weighted by Crippen LogP contribution is 2.27. The molecule has 0 bridgehead atoms. The van der Waals surface area contributed by atoms with Gasteiger partial charge in [-0.15, -0.1) is 11.3 Å². The normalized spacial score (nSPS) is 16.7. The Morgan fingerprint density at radius 3 is 3.10 bits per heavy atom. The number of thiazole rings is 1. The number of nitriles is 1. The molecule has 1 fully saturated rings. The van der Waals surface area contributed by atoms with Gasteiger partial charge in [0.25, 0.3) is 5.91 Å². The van der Waals surface area contributed by atoms with Crippen LogP contribution in [0.5, 0.6) is 0 Å². The zero-order chi connectivity index (χ0) is 20.8. The van der Waals surface area contributed by atoms with Crippen molar-refractivity contribution < 1.29 is 9.21 Å². The Balaban J connectivity index is 1.37. The molecule has 4 heterocycles. The number of likely N-dealkylation sites (tertiary alicyclic amines) is 1. The number of nitrogens with one attached hydrogen (secondary N) is 2. The van der Waals surface area contributed by atoms with Crippen molar-refractivity contribution >= 4 is 28.2 Å². The summed E-state index contributed by atoms with van der Waals surface area (Å²) >= 11 is 1.35. The number of rotatable bonds is 7. The molecule has 1 atom stereocenters. The number of furan rings is 1. The van der Waals surface area contributed by atoms with Crippen LogP contribution in [-0.2, 0) is 6.54 Å². The van der Waals surface area contributed by atoms with E-state index >= 15 is 0 Å². The van der Waals surface area contributed by atoms with Crippen LogP contribution >= 0.6 is 11.3 Å². The van der Waals surface area contributed by atoms with Gasteiger partial charge in [0.1, 0.15) is 17.3 Å². The van der Waals surface area contributed by atoms with Crippen LogP contribution in [0.2, 0.25) is 0 Å². The topological polar surface area (TPSA) is 107 Å². The molecular formula is C21H22N6O2S. The second-order valence-electron chi connectivity index (χ2n) is 7.11. The molecule has 0 aromatic carbocycles. The number of hydrogen-bond acceptors (Lipinski definition) is 8. The van der Waals surface area contributed by atoms with Crippen molar-refractivity contribution in [2.75, 3.05) is 25.0 Å². The van der Waals surface area contributed by atoms with E-state index in [4.69, 9.17) is 14.7 Å². The molecule has 2 N–H and O–H groups in total. The second kappa shape index (κ2) is 9.52. The summed E-state index contributed by atoms with van der Waals surface area (Å²) in [5.74, 6) is 1.45. The molecule has 0 radical (unpaired) electrons. The molecule has 1 aliphatic rings. The van der Waals surface area contributed by atoms with Crippen LogP contribution in [-0.4, -0.2) is 40.4 Å². The van der Waals surface area contributed by atoms with Crippen LogP contribution in [0.4, 0.5) is 10.9 Å². The number of carbonyl (C=O) groups is 1.